The molecule has 1 N–H and O–H groups in total. The number of hydrogen-bond acceptors (Lipinski definition) is 2. The molecular formula is C14H24N2O2. The second kappa shape index (κ2) is 6.21. The third-order valence-electron chi connectivity index (χ3n) is 4.24. The van der Waals surface area contributed by atoms with Gasteiger partial charge in [0.15, 0.2) is 0 Å². The molecule has 0 aromatic heterocycles. The molecule has 2 fully saturated rings. The van der Waals surface area contributed by atoms with E-state index in [-0.39, 0.29) is 17.7 Å². The van der Waals surface area contributed by atoms with E-state index in [0.717, 1.165) is 38.3 Å². The van der Waals surface area contributed by atoms with Crippen molar-refractivity contribution >= 4 is 11.8 Å². The maximum atomic E-state index is 12.3. The Bertz CT molecular complexity index is 299. The maximum Gasteiger partial charge on any atom is 0.227 e. The summed E-state index contributed by atoms with van der Waals surface area (Å²) in [6, 6.07) is 0. The largest absolute Gasteiger partial charge is 0.355 e. The normalized spacial score (nSPS) is 25.9. The Labute approximate surface area is 109 Å². The van der Waals surface area contributed by atoms with E-state index >= 15 is 0 Å². The highest BCUT2D eigenvalue weighted by Gasteiger charge is 2.30. The summed E-state index contributed by atoms with van der Waals surface area (Å²) in [5, 5.41) is 2.79. The Balaban J connectivity index is 1.78. The second-order valence-corrected chi connectivity index (χ2v) is 5.60. The lowest BCUT2D eigenvalue weighted by Crippen LogP contribution is -2.47. The molecule has 1 unspecified atom stereocenters. The molecular weight excluding hydrogens is 228 g/mol. The topological polar surface area (TPSA) is 49.4 Å². The molecule has 0 aromatic carbocycles. The molecule has 0 aliphatic carbocycles. The van der Waals surface area contributed by atoms with Crippen molar-refractivity contribution in [1.29, 1.82) is 0 Å². The van der Waals surface area contributed by atoms with Crippen LogP contribution in [0.15, 0.2) is 0 Å². The Morgan fingerprint density at radius 2 is 2.06 bits per heavy atom. The number of hydrogen-bond donors (Lipinski definition) is 1. The van der Waals surface area contributed by atoms with Crippen LogP contribution in [0.5, 0.6) is 0 Å². The molecule has 1 atom stereocenters. The van der Waals surface area contributed by atoms with Crippen molar-refractivity contribution in [3.8, 4) is 0 Å². The molecule has 0 saturated carbocycles. The summed E-state index contributed by atoms with van der Waals surface area (Å²) in [5.41, 5.74) is 0. The lowest BCUT2D eigenvalue weighted by molar-refractivity contribution is -0.138. The summed E-state index contributed by atoms with van der Waals surface area (Å²) in [6.07, 6.45) is 6.06. The fourth-order valence-electron chi connectivity index (χ4n) is 3.05. The van der Waals surface area contributed by atoms with Gasteiger partial charge in [0.05, 0.1) is 5.92 Å². The Morgan fingerprint density at radius 3 is 2.61 bits per heavy atom. The number of nitrogens with zero attached hydrogens (tertiary/aromatic N) is 1. The number of piperidine rings is 2. The molecule has 4 nitrogen and oxygen atoms in total. The highest BCUT2D eigenvalue weighted by molar-refractivity contribution is 5.83. The molecule has 2 aliphatic heterocycles. The minimum absolute atomic E-state index is 0.0189. The maximum absolute atomic E-state index is 12.3. The van der Waals surface area contributed by atoms with Crippen molar-refractivity contribution in [3.05, 3.63) is 0 Å². The average molecular weight is 252 g/mol. The van der Waals surface area contributed by atoms with Crippen LogP contribution < -0.4 is 5.32 Å². The van der Waals surface area contributed by atoms with E-state index < -0.39 is 0 Å². The number of rotatable bonds is 3. The lowest BCUT2D eigenvalue weighted by Gasteiger charge is -2.35. The summed E-state index contributed by atoms with van der Waals surface area (Å²) in [4.78, 5) is 25.4. The predicted molar refractivity (Wildman–Crippen MR) is 69.9 cm³/mol. The van der Waals surface area contributed by atoms with Gasteiger partial charge < -0.3 is 10.2 Å². The third-order valence-corrected chi connectivity index (χ3v) is 4.24. The van der Waals surface area contributed by atoms with Gasteiger partial charge in [0.1, 0.15) is 0 Å². The summed E-state index contributed by atoms with van der Waals surface area (Å²) in [6.45, 7) is 4.58. The highest BCUT2D eigenvalue weighted by Crippen LogP contribution is 2.24. The standard InChI is InChI=1S/C14H24N2O2/c1-2-3-11-6-8-16(9-7-11)14(18)12-4-5-13(17)15-10-12/h11-12H,2-10H2,1H3,(H,15,17). The van der Waals surface area contributed by atoms with Gasteiger partial charge >= 0.3 is 0 Å². The zero-order valence-corrected chi connectivity index (χ0v) is 11.3. The smallest absolute Gasteiger partial charge is 0.227 e. The van der Waals surface area contributed by atoms with E-state index in [0.29, 0.717) is 13.0 Å². The van der Waals surface area contributed by atoms with E-state index in [1.54, 1.807) is 0 Å². The molecule has 4 heteroatoms. The van der Waals surface area contributed by atoms with E-state index in [1.165, 1.54) is 12.8 Å². The fraction of sp³-hybridized carbons (Fsp3) is 0.857. The van der Waals surface area contributed by atoms with Crippen molar-refractivity contribution in [3.63, 3.8) is 0 Å². The molecule has 2 aliphatic rings. The number of amides is 2. The Morgan fingerprint density at radius 1 is 1.33 bits per heavy atom. The molecule has 0 aromatic rings. The van der Waals surface area contributed by atoms with Crippen LogP contribution in [0, 0.1) is 11.8 Å². The Hall–Kier alpha value is -1.06. The van der Waals surface area contributed by atoms with Crippen molar-refractivity contribution in [1.82, 2.24) is 10.2 Å². The first-order valence-electron chi connectivity index (χ1n) is 7.26. The van der Waals surface area contributed by atoms with Gasteiger partial charge in [-0.3, -0.25) is 9.59 Å². The van der Waals surface area contributed by atoms with Crippen LogP contribution in [0.2, 0.25) is 0 Å². The zero-order chi connectivity index (χ0) is 13.0. The molecule has 2 amide bonds. The van der Waals surface area contributed by atoms with Gasteiger partial charge in [-0.05, 0) is 25.2 Å². The van der Waals surface area contributed by atoms with E-state index in [9.17, 15) is 9.59 Å². The van der Waals surface area contributed by atoms with Gasteiger partial charge in [-0.1, -0.05) is 19.8 Å². The van der Waals surface area contributed by atoms with Crippen molar-refractivity contribution in [2.24, 2.45) is 11.8 Å². The summed E-state index contributed by atoms with van der Waals surface area (Å²) in [7, 11) is 0. The molecule has 0 bridgehead atoms. The van der Waals surface area contributed by atoms with Crippen molar-refractivity contribution in [2.75, 3.05) is 19.6 Å². The minimum Gasteiger partial charge on any atom is -0.355 e. The molecule has 2 heterocycles. The van der Waals surface area contributed by atoms with Gasteiger partial charge in [-0.25, -0.2) is 0 Å². The summed E-state index contributed by atoms with van der Waals surface area (Å²) >= 11 is 0. The van der Waals surface area contributed by atoms with Gasteiger partial charge in [-0.15, -0.1) is 0 Å². The average Bonchev–Trinajstić information content (AvgIpc) is 2.40. The van der Waals surface area contributed by atoms with E-state index in [1.807, 2.05) is 4.90 Å². The molecule has 0 spiro atoms. The van der Waals surface area contributed by atoms with Crippen LogP contribution >= 0.6 is 0 Å². The van der Waals surface area contributed by atoms with E-state index in [2.05, 4.69) is 12.2 Å². The molecule has 18 heavy (non-hydrogen) atoms. The molecule has 0 radical (unpaired) electrons. The molecule has 2 saturated heterocycles. The predicted octanol–water partition coefficient (Wildman–Crippen LogP) is 1.55. The highest BCUT2D eigenvalue weighted by atomic mass is 16.2. The molecule has 102 valence electrons. The number of likely N-dealkylation sites (tertiary alicyclic amines) is 1. The quantitative estimate of drug-likeness (QED) is 0.828. The van der Waals surface area contributed by atoms with E-state index in [4.69, 9.17) is 0 Å². The third kappa shape index (κ3) is 3.24. The minimum atomic E-state index is 0.0189. The summed E-state index contributed by atoms with van der Waals surface area (Å²) < 4.78 is 0. The van der Waals surface area contributed by atoms with Gasteiger partial charge in [-0.2, -0.15) is 0 Å². The van der Waals surface area contributed by atoms with Crippen LogP contribution in [0.3, 0.4) is 0 Å². The van der Waals surface area contributed by atoms with Crippen molar-refractivity contribution in [2.45, 2.75) is 45.4 Å². The first-order chi connectivity index (χ1) is 8.70. The van der Waals surface area contributed by atoms with Gasteiger partial charge in [0.2, 0.25) is 11.8 Å². The van der Waals surface area contributed by atoms with Crippen LogP contribution in [-0.4, -0.2) is 36.3 Å². The van der Waals surface area contributed by atoms with Gasteiger partial charge in [0, 0.05) is 26.1 Å². The fourth-order valence-corrected chi connectivity index (χ4v) is 3.05. The number of carbonyl (C=O) groups is 2. The van der Waals surface area contributed by atoms with Crippen LogP contribution in [0.1, 0.15) is 45.4 Å². The second-order valence-electron chi connectivity index (χ2n) is 5.60. The van der Waals surface area contributed by atoms with Crippen LogP contribution in [0.25, 0.3) is 0 Å². The van der Waals surface area contributed by atoms with Crippen LogP contribution in [-0.2, 0) is 9.59 Å². The monoisotopic (exact) mass is 252 g/mol. The summed E-state index contributed by atoms with van der Waals surface area (Å²) in [5.74, 6) is 1.17. The van der Waals surface area contributed by atoms with Crippen molar-refractivity contribution < 1.29 is 9.59 Å². The first kappa shape index (κ1) is 13.4. The Kier molecular flexibility index (Phi) is 4.61. The van der Waals surface area contributed by atoms with Gasteiger partial charge in [0.25, 0.3) is 0 Å². The SMILES string of the molecule is CCCC1CCN(C(=O)C2CCC(=O)NC2)CC1. The number of nitrogens with one attached hydrogen (secondary N) is 1. The first-order valence-corrected chi connectivity index (χ1v) is 7.26. The molecule has 2 rings (SSSR count). The van der Waals surface area contributed by atoms with Crippen LogP contribution in [0.4, 0.5) is 0 Å². The lowest BCUT2D eigenvalue weighted by atomic mass is 9.91. The number of carbonyl (C=O) groups excluding carboxylic acids is 2. The zero-order valence-electron chi connectivity index (χ0n) is 11.3.